The van der Waals surface area contributed by atoms with E-state index in [1.807, 2.05) is 30.3 Å². The highest BCUT2D eigenvalue weighted by atomic mass is 16.5. The van der Waals surface area contributed by atoms with Crippen LogP contribution in [-0.2, 0) is 16.1 Å². The number of aromatic nitrogens is 1. The van der Waals surface area contributed by atoms with Crippen LogP contribution in [0.25, 0.3) is 0 Å². The van der Waals surface area contributed by atoms with E-state index < -0.39 is 5.97 Å². The summed E-state index contributed by atoms with van der Waals surface area (Å²) < 4.78 is 4.71. The van der Waals surface area contributed by atoms with Crippen LogP contribution in [-0.4, -0.2) is 49.0 Å². The van der Waals surface area contributed by atoms with E-state index in [1.54, 1.807) is 17.0 Å². The van der Waals surface area contributed by atoms with E-state index in [-0.39, 0.29) is 11.8 Å². The first-order chi connectivity index (χ1) is 13.1. The van der Waals surface area contributed by atoms with Crippen molar-refractivity contribution in [3.63, 3.8) is 0 Å². The number of hydrogen-bond acceptors (Lipinski definition) is 5. The molecule has 0 N–H and O–H groups in total. The lowest BCUT2D eigenvalue weighted by molar-refractivity contribution is -0.123. The van der Waals surface area contributed by atoms with Gasteiger partial charge in [-0.25, -0.2) is 4.79 Å². The zero-order chi connectivity index (χ0) is 19.2. The number of nitrogens with zero attached hydrogens (tertiary/aromatic N) is 3. The summed E-state index contributed by atoms with van der Waals surface area (Å²) in [5, 5.41) is 0. The van der Waals surface area contributed by atoms with Crippen molar-refractivity contribution >= 4 is 17.6 Å². The molecule has 0 saturated carbocycles. The van der Waals surface area contributed by atoms with Gasteiger partial charge in [0.15, 0.2) is 0 Å². The molecule has 0 aliphatic carbocycles. The van der Waals surface area contributed by atoms with Crippen molar-refractivity contribution in [2.75, 3.05) is 32.1 Å². The summed E-state index contributed by atoms with van der Waals surface area (Å²) in [6.07, 6.45) is 3.23. The molecule has 1 amide bonds. The Bertz CT molecular complexity index is 769. The molecule has 1 aromatic heterocycles. The highest BCUT2D eigenvalue weighted by Gasteiger charge is 2.28. The Labute approximate surface area is 159 Å². The van der Waals surface area contributed by atoms with E-state index >= 15 is 0 Å². The lowest BCUT2D eigenvalue weighted by Crippen LogP contribution is -2.41. The summed E-state index contributed by atoms with van der Waals surface area (Å²) in [5.41, 5.74) is 1.99. The number of methoxy groups -OCH3 is 1. The number of likely N-dealkylation sites (tertiary alicyclic amines) is 1. The van der Waals surface area contributed by atoms with Crippen molar-refractivity contribution in [2.24, 2.45) is 5.92 Å². The third kappa shape index (κ3) is 4.71. The number of carbonyl (C=O) groups is 2. The van der Waals surface area contributed by atoms with E-state index in [2.05, 4.69) is 16.9 Å². The van der Waals surface area contributed by atoms with Crippen LogP contribution in [0.4, 0.5) is 5.69 Å². The molecular weight excluding hydrogens is 342 g/mol. The Morgan fingerprint density at radius 3 is 2.44 bits per heavy atom. The number of rotatable bonds is 5. The molecule has 3 rings (SSSR count). The van der Waals surface area contributed by atoms with Crippen molar-refractivity contribution in [2.45, 2.75) is 19.4 Å². The van der Waals surface area contributed by atoms with Gasteiger partial charge in [0.2, 0.25) is 5.91 Å². The maximum atomic E-state index is 13.2. The van der Waals surface area contributed by atoms with Gasteiger partial charge in [-0.1, -0.05) is 18.2 Å². The van der Waals surface area contributed by atoms with E-state index in [1.165, 1.54) is 13.3 Å². The minimum Gasteiger partial charge on any atom is -0.465 e. The predicted molar refractivity (Wildman–Crippen MR) is 103 cm³/mol. The summed E-state index contributed by atoms with van der Waals surface area (Å²) in [6, 6.07) is 13.1. The average molecular weight is 367 g/mol. The van der Waals surface area contributed by atoms with Gasteiger partial charge in [0.05, 0.1) is 24.9 Å². The molecule has 6 heteroatoms. The monoisotopic (exact) mass is 367 g/mol. The van der Waals surface area contributed by atoms with Crippen molar-refractivity contribution in [1.82, 2.24) is 9.88 Å². The molecule has 1 fully saturated rings. The number of benzene rings is 1. The molecule has 1 saturated heterocycles. The van der Waals surface area contributed by atoms with Crippen molar-refractivity contribution in [1.29, 1.82) is 0 Å². The first-order valence-corrected chi connectivity index (χ1v) is 9.16. The maximum Gasteiger partial charge on any atom is 0.339 e. The van der Waals surface area contributed by atoms with Gasteiger partial charge in [0, 0.05) is 17.8 Å². The van der Waals surface area contributed by atoms with Gasteiger partial charge in [-0.3, -0.25) is 9.78 Å². The minimum atomic E-state index is -0.420. The number of anilines is 1. The van der Waals surface area contributed by atoms with Crippen LogP contribution in [0.3, 0.4) is 0 Å². The van der Waals surface area contributed by atoms with E-state index in [0.717, 1.165) is 37.3 Å². The highest BCUT2D eigenvalue weighted by molar-refractivity contribution is 5.95. The second kappa shape index (κ2) is 8.77. The molecule has 0 radical (unpaired) electrons. The Morgan fingerprint density at radius 1 is 1.15 bits per heavy atom. The third-order valence-corrected chi connectivity index (χ3v) is 4.97. The lowest BCUT2D eigenvalue weighted by atomic mass is 9.95. The standard InChI is InChI=1S/C21H25N3O3/c1-23-12-10-16(11-13-23)20(25)24(19-6-4-3-5-7-19)15-18-9-8-17(14-22-18)21(26)27-2/h3-9,14,16H,10-13,15H2,1-2H3. The molecule has 2 aromatic rings. The lowest BCUT2D eigenvalue weighted by Gasteiger charge is -2.32. The molecule has 6 nitrogen and oxygen atoms in total. The summed E-state index contributed by atoms with van der Waals surface area (Å²) >= 11 is 0. The van der Waals surface area contributed by atoms with Gasteiger partial charge in [-0.2, -0.15) is 0 Å². The van der Waals surface area contributed by atoms with Crippen LogP contribution in [0.5, 0.6) is 0 Å². The van der Waals surface area contributed by atoms with E-state index in [4.69, 9.17) is 4.74 Å². The van der Waals surface area contributed by atoms with Gasteiger partial charge in [0.1, 0.15) is 0 Å². The second-order valence-electron chi connectivity index (χ2n) is 6.87. The van der Waals surface area contributed by atoms with Crippen LogP contribution in [0.2, 0.25) is 0 Å². The quantitative estimate of drug-likeness (QED) is 0.761. The fourth-order valence-corrected chi connectivity index (χ4v) is 3.30. The Hall–Kier alpha value is -2.73. The molecule has 1 aliphatic rings. The number of para-hydroxylation sites is 1. The Morgan fingerprint density at radius 2 is 1.85 bits per heavy atom. The van der Waals surface area contributed by atoms with Crippen LogP contribution >= 0.6 is 0 Å². The Kier molecular flexibility index (Phi) is 6.19. The van der Waals surface area contributed by atoms with Crippen LogP contribution in [0.1, 0.15) is 28.9 Å². The van der Waals surface area contributed by atoms with E-state index in [9.17, 15) is 9.59 Å². The molecule has 0 unspecified atom stereocenters. The number of esters is 1. The molecule has 1 aliphatic heterocycles. The number of ether oxygens (including phenoxy) is 1. The minimum absolute atomic E-state index is 0.0238. The fraction of sp³-hybridized carbons (Fsp3) is 0.381. The van der Waals surface area contributed by atoms with Crippen molar-refractivity contribution in [3.05, 3.63) is 59.9 Å². The second-order valence-corrected chi connectivity index (χ2v) is 6.87. The first-order valence-electron chi connectivity index (χ1n) is 9.16. The van der Waals surface area contributed by atoms with Crippen LogP contribution in [0, 0.1) is 5.92 Å². The van der Waals surface area contributed by atoms with Crippen LogP contribution < -0.4 is 4.90 Å². The topological polar surface area (TPSA) is 62.7 Å². The normalized spacial score (nSPS) is 15.3. The molecule has 27 heavy (non-hydrogen) atoms. The van der Waals surface area contributed by atoms with Crippen molar-refractivity contribution in [3.8, 4) is 0 Å². The average Bonchev–Trinajstić information content (AvgIpc) is 2.72. The Balaban J connectivity index is 1.80. The summed E-state index contributed by atoms with van der Waals surface area (Å²) in [6.45, 7) is 2.24. The molecule has 142 valence electrons. The summed E-state index contributed by atoms with van der Waals surface area (Å²) in [5.74, 6) is -0.264. The predicted octanol–water partition coefficient (Wildman–Crippen LogP) is 2.74. The molecular formula is C21H25N3O3. The largest absolute Gasteiger partial charge is 0.465 e. The van der Waals surface area contributed by atoms with Crippen molar-refractivity contribution < 1.29 is 14.3 Å². The summed E-state index contributed by atoms with van der Waals surface area (Å²) in [4.78, 5) is 33.2. The maximum absolute atomic E-state index is 13.2. The number of carbonyl (C=O) groups excluding carboxylic acids is 2. The third-order valence-electron chi connectivity index (χ3n) is 4.97. The fourth-order valence-electron chi connectivity index (χ4n) is 3.30. The zero-order valence-electron chi connectivity index (χ0n) is 15.8. The molecule has 0 spiro atoms. The number of pyridine rings is 1. The number of hydrogen-bond donors (Lipinski definition) is 0. The SMILES string of the molecule is COC(=O)c1ccc(CN(C(=O)C2CCN(C)CC2)c2ccccc2)nc1. The molecule has 1 aromatic carbocycles. The van der Waals surface area contributed by atoms with Crippen LogP contribution in [0.15, 0.2) is 48.7 Å². The van der Waals surface area contributed by atoms with Gasteiger partial charge < -0.3 is 14.5 Å². The zero-order valence-corrected chi connectivity index (χ0v) is 15.8. The van der Waals surface area contributed by atoms with E-state index in [0.29, 0.717) is 12.1 Å². The van der Waals surface area contributed by atoms with Gasteiger partial charge in [-0.15, -0.1) is 0 Å². The molecule has 2 heterocycles. The van der Waals surface area contributed by atoms with Gasteiger partial charge >= 0.3 is 5.97 Å². The highest BCUT2D eigenvalue weighted by Crippen LogP contribution is 2.24. The number of amides is 1. The smallest absolute Gasteiger partial charge is 0.339 e. The molecule has 0 bridgehead atoms. The first kappa shape index (κ1) is 19.0. The van der Waals surface area contributed by atoms with Gasteiger partial charge in [0.25, 0.3) is 0 Å². The summed E-state index contributed by atoms with van der Waals surface area (Å²) in [7, 11) is 3.43. The van der Waals surface area contributed by atoms with Gasteiger partial charge in [-0.05, 0) is 57.2 Å². The number of piperidine rings is 1. The molecule has 0 atom stereocenters.